The van der Waals surface area contributed by atoms with E-state index in [1.807, 2.05) is 13.8 Å². The van der Waals surface area contributed by atoms with E-state index < -0.39 is 0 Å². The van der Waals surface area contributed by atoms with Crippen LogP contribution in [0, 0.1) is 0 Å². The van der Waals surface area contributed by atoms with Crippen LogP contribution in [0.5, 0.6) is 0 Å². The monoisotopic (exact) mass is 175 g/mol. The number of allylic oxidation sites excluding steroid dienone is 1. The fourth-order valence-corrected chi connectivity index (χ4v) is 0.816. The van der Waals surface area contributed by atoms with Crippen molar-refractivity contribution in [3.8, 4) is 0 Å². The number of hydrogen-bond acceptors (Lipinski definition) is 1. The molecule has 0 radical (unpaired) electrons. The Labute approximate surface area is 72.6 Å². The van der Waals surface area contributed by atoms with Crippen molar-refractivity contribution in [1.29, 1.82) is 0 Å². The SMILES string of the molecule is CC(=CCCl)C(=O)NC(C)C. The molecule has 0 unspecified atom stereocenters. The van der Waals surface area contributed by atoms with Crippen LogP contribution in [0.3, 0.4) is 0 Å². The lowest BCUT2D eigenvalue weighted by atomic mass is 10.2. The molecule has 0 atom stereocenters. The molecule has 1 amide bonds. The van der Waals surface area contributed by atoms with E-state index in [0.29, 0.717) is 11.5 Å². The van der Waals surface area contributed by atoms with E-state index >= 15 is 0 Å². The minimum atomic E-state index is -0.0411. The molecular formula is C8H14ClNO. The molecule has 0 aliphatic rings. The van der Waals surface area contributed by atoms with E-state index in [1.165, 1.54) is 0 Å². The number of nitrogens with one attached hydrogen (secondary N) is 1. The first-order valence-electron chi connectivity index (χ1n) is 3.61. The largest absolute Gasteiger partial charge is 0.350 e. The van der Waals surface area contributed by atoms with E-state index in [2.05, 4.69) is 5.32 Å². The highest BCUT2D eigenvalue weighted by Gasteiger charge is 2.03. The highest BCUT2D eigenvalue weighted by molar-refractivity contribution is 6.19. The quantitative estimate of drug-likeness (QED) is 0.514. The van der Waals surface area contributed by atoms with Crippen molar-refractivity contribution in [2.75, 3.05) is 5.88 Å². The number of carbonyl (C=O) groups is 1. The Morgan fingerprint density at radius 2 is 2.18 bits per heavy atom. The third kappa shape index (κ3) is 4.85. The van der Waals surface area contributed by atoms with Gasteiger partial charge in [-0.3, -0.25) is 4.79 Å². The van der Waals surface area contributed by atoms with E-state index in [0.717, 1.165) is 0 Å². The third-order valence-electron chi connectivity index (χ3n) is 1.16. The number of rotatable bonds is 3. The molecule has 0 saturated carbocycles. The number of amides is 1. The van der Waals surface area contributed by atoms with Gasteiger partial charge in [0.2, 0.25) is 5.91 Å². The van der Waals surface area contributed by atoms with Gasteiger partial charge in [-0.05, 0) is 20.8 Å². The lowest BCUT2D eigenvalue weighted by Crippen LogP contribution is -2.30. The molecule has 0 aliphatic carbocycles. The minimum absolute atomic E-state index is 0.0411. The maximum atomic E-state index is 11.1. The van der Waals surface area contributed by atoms with Crippen LogP contribution < -0.4 is 5.32 Å². The normalized spacial score (nSPS) is 11.9. The molecule has 0 aromatic rings. The number of halogens is 1. The van der Waals surface area contributed by atoms with E-state index in [-0.39, 0.29) is 11.9 Å². The van der Waals surface area contributed by atoms with Gasteiger partial charge < -0.3 is 5.32 Å². The molecule has 0 rings (SSSR count). The summed E-state index contributed by atoms with van der Waals surface area (Å²) >= 11 is 5.42. The van der Waals surface area contributed by atoms with Gasteiger partial charge in [-0.2, -0.15) is 0 Å². The van der Waals surface area contributed by atoms with E-state index in [1.54, 1.807) is 13.0 Å². The van der Waals surface area contributed by atoms with Crippen molar-refractivity contribution in [3.05, 3.63) is 11.6 Å². The second-order valence-corrected chi connectivity index (χ2v) is 2.98. The van der Waals surface area contributed by atoms with Gasteiger partial charge in [0.05, 0.1) is 0 Å². The lowest BCUT2D eigenvalue weighted by Gasteiger charge is -2.07. The maximum absolute atomic E-state index is 11.1. The molecule has 0 fully saturated rings. The lowest BCUT2D eigenvalue weighted by molar-refractivity contribution is -0.117. The molecule has 3 heteroatoms. The summed E-state index contributed by atoms with van der Waals surface area (Å²) in [5.41, 5.74) is 0.675. The average molecular weight is 176 g/mol. The topological polar surface area (TPSA) is 29.1 Å². The van der Waals surface area contributed by atoms with Crippen molar-refractivity contribution in [3.63, 3.8) is 0 Å². The molecule has 0 aromatic carbocycles. The minimum Gasteiger partial charge on any atom is -0.350 e. The van der Waals surface area contributed by atoms with Gasteiger partial charge >= 0.3 is 0 Å². The number of alkyl halides is 1. The van der Waals surface area contributed by atoms with Crippen LogP contribution in [0.2, 0.25) is 0 Å². The molecule has 0 bridgehead atoms. The van der Waals surface area contributed by atoms with E-state index in [4.69, 9.17) is 11.6 Å². The Morgan fingerprint density at radius 3 is 2.55 bits per heavy atom. The zero-order chi connectivity index (χ0) is 8.85. The van der Waals surface area contributed by atoms with Crippen LogP contribution in [-0.4, -0.2) is 17.8 Å². The van der Waals surface area contributed by atoms with Crippen LogP contribution in [-0.2, 0) is 4.79 Å². The maximum Gasteiger partial charge on any atom is 0.246 e. The van der Waals surface area contributed by atoms with Crippen molar-refractivity contribution in [2.45, 2.75) is 26.8 Å². The average Bonchev–Trinajstić information content (AvgIpc) is 1.86. The van der Waals surface area contributed by atoms with Crippen LogP contribution in [0.1, 0.15) is 20.8 Å². The summed E-state index contributed by atoms with van der Waals surface area (Å²) in [6.07, 6.45) is 1.69. The van der Waals surface area contributed by atoms with Crippen LogP contribution in [0.15, 0.2) is 11.6 Å². The van der Waals surface area contributed by atoms with Crippen molar-refractivity contribution >= 4 is 17.5 Å². The standard InChI is InChI=1S/C8H14ClNO/c1-6(2)10-8(11)7(3)4-5-9/h4,6H,5H2,1-3H3,(H,10,11). The molecule has 64 valence electrons. The fourth-order valence-electron chi connectivity index (χ4n) is 0.584. The Bertz CT molecular complexity index is 163. The van der Waals surface area contributed by atoms with Gasteiger partial charge in [0.15, 0.2) is 0 Å². The van der Waals surface area contributed by atoms with Gasteiger partial charge in [-0.25, -0.2) is 0 Å². The van der Waals surface area contributed by atoms with Crippen LogP contribution in [0.25, 0.3) is 0 Å². The highest BCUT2D eigenvalue weighted by atomic mass is 35.5. The molecule has 11 heavy (non-hydrogen) atoms. The Morgan fingerprint density at radius 1 is 1.64 bits per heavy atom. The predicted octanol–water partition coefficient (Wildman–Crippen LogP) is 1.70. The smallest absolute Gasteiger partial charge is 0.246 e. The molecule has 1 N–H and O–H groups in total. The molecular weight excluding hydrogens is 162 g/mol. The Kier molecular flexibility index (Phi) is 4.95. The van der Waals surface area contributed by atoms with E-state index in [9.17, 15) is 4.79 Å². The fraction of sp³-hybridized carbons (Fsp3) is 0.625. The van der Waals surface area contributed by atoms with Crippen LogP contribution in [0.4, 0.5) is 0 Å². The molecule has 0 heterocycles. The number of hydrogen-bond donors (Lipinski definition) is 1. The van der Waals surface area contributed by atoms with Crippen LogP contribution >= 0.6 is 11.6 Å². The first kappa shape index (κ1) is 10.5. The van der Waals surface area contributed by atoms with Crippen molar-refractivity contribution in [1.82, 2.24) is 5.32 Å². The van der Waals surface area contributed by atoms with Gasteiger partial charge in [-0.15, -0.1) is 11.6 Å². The summed E-state index contributed by atoms with van der Waals surface area (Å²) < 4.78 is 0. The summed E-state index contributed by atoms with van der Waals surface area (Å²) in [5.74, 6) is 0.345. The second kappa shape index (κ2) is 5.19. The highest BCUT2D eigenvalue weighted by Crippen LogP contribution is 1.94. The molecule has 0 aromatic heterocycles. The van der Waals surface area contributed by atoms with Gasteiger partial charge in [-0.1, -0.05) is 6.08 Å². The van der Waals surface area contributed by atoms with Gasteiger partial charge in [0.1, 0.15) is 0 Å². The summed E-state index contributed by atoms with van der Waals surface area (Å²) in [5, 5.41) is 2.76. The molecule has 0 saturated heterocycles. The number of carbonyl (C=O) groups excluding carboxylic acids is 1. The first-order valence-corrected chi connectivity index (χ1v) is 4.15. The summed E-state index contributed by atoms with van der Waals surface area (Å²) in [6.45, 7) is 5.60. The Balaban J connectivity index is 3.93. The third-order valence-corrected chi connectivity index (χ3v) is 1.32. The first-order chi connectivity index (χ1) is 5.07. The zero-order valence-corrected chi connectivity index (χ0v) is 7.90. The van der Waals surface area contributed by atoms with Gasteiger partial charge in [0.25, 0.3) is 0 Å². The summed E-state index contributed by atoms with van der Waals surface area (Å²) in [6, 6.07) is 0.182. The van der Waals surface area contributed by atoms with Gasteiger partial charge in [0, 0.05) is 17.5 Å². The summed E-state index contributed by atoms with van der Waals surface area (Å²) in [7, 11) is 0. The predicted molar refractivity (Wildman–Crippen MR) is 47.8 cm³/mol. The zero-order valence-electron chi connectivity index (χ0n) is 7.15. The second-order valence-electron chi connectivity index (χ2n) is 2.67. The molecule has 0 aliphatic heterocycles. The Hall–Kier alpha value is -0.500. The van der Waals surface area contributed by atoms with Crippen molar-refractivity contribution in [2.24, 2.45) is 0 Å². The molecule has 2 nitrogen and oxygen atoms in total. The molecule has 0 spiro atoms. The van der Waals surface area contributed by atoms with Crippen molar-refractivity contribution < 1.29 is 4.79 Å². The summed E-state index contributed by atoms with van der Waals surface area (Å²) in [4.78, 5) is 11.1.